The second-order valence-corrected chi connectivity index (χ2v) is 5.58. The molecule has 2 N–H and O–H groups in total. The maximum Gasteiger partial charge on any atom is 0.0777 e. The smallest absolute Gasteiger partial charge is 0.0777 e. The minimum Gasteiger partial charge on any atom is -0.325 e. The number of hydrogen-bond donors (Lipinski definition) is 1. The average Bonchev–Trinajstić information content (AvgIpc) is 2.92. The van der Waals surface area contributed by atoms with Gasteiger partial charge in [0, 0.05) is 13.0 Å². The van der Waals surface area contributed by atoms with Crippen LogP contribution in [0.5, 0.6) is 0 Å². The number of nitrogens with two attached hydrogens (primary N) is 1. The Morgan fingerprint density at radius 3 is 2.48 bits per heavy atom. The third kappa shape index (κ3) is 3.14. The summed E-state index contributed by atoms with van der Waals surface area (Å²) in [4.78, 5) is 0. The van der Waals surface area contributed by atoms with Crippen molar-refractivity contribution in [1.29, 1.82) is 0 Å². The van der Waals surface area contributed by atoms with Gasteiger partial charge in [0.15, 0.2) is 0 Å². The van der Waals surface area contributed by atoms with E-state index in [-0.39, 0.29) is 0 Å². The van der Waals surface area contributed by atoms with Crippen molar-refractivity contribution in [3.63, 3.8) is 0 Å². The van der Waals surface area contributed by atoms with Gasteiger partial charge in [-0.15, -0.1) is 0 Å². The van der Waals surface area contributed by atoms with Gasteiger partial charge in [0.05, 0.1) is 18.3 Å². The van der Waals surface area contributed by atoms with Crippen molar-refractivity contribution in [3.05, 3.63) is 71.3 Å². The van der Waals surface area contributed by atoms with E-state index in [2.05, 4.69) is 60.5 Å². The highest BCUT2D eigenvalue weighted by Gasteiger charge is 2.27. The Balaban J connectivity index is 1.83. The molecule has 0 bridgehead atoms. The lowest BCUT2D eigenvalue weighted by Gasteiger charge is -2.24. The first-order valence-corrected chi connectivity index (χ1v) is 7.40. The predicted octanol–water partition coefficient (Wildman–Crippen LogP) is 3.26. The molecule has 0 fully saturated rings. The summed E-state index contributed by atoms with van der Waals surface area (Å²) in [6.07, 6.45) is 0.923. The van der Waals surface area contributed by atoms with Crippen molar-refractivity contribution in [1.82, 2.24) is 5.01 Å². The average molecular weight is 279 g/mol. The molecule has 3 nitrogen and oxygen atoms in total. The Morgan fingerprint density at radius 2 is 1.81 bits per heavy atom. The van der Waals surface area contributed by atoms with Gasteiger partial charge in [-0.1, -0.05) is 60.2 Å². The SMILES string of the molecule is Cc1ccc(C2CC(CN)=NN2Cc2ccccc2)cc1. The van der Waals surface area contributed by atoms with Crippen LogP contribution in [0.2, 0.25) is 0 Å². The van der Waals surface area contributed by atoms with E-state index in [1.807, 2.05) is 6.07 Å². The normalized spacial score (nSPS) is 17.9. The zero-order valence-corrected chi connectivity index (χ0v) is 12.4. The molecule has 21 heavy (non-hydrogen) atoms. The molecule has 0 saturated carbocycles. The van der Waals surface area contributed by atoms with Crippen LogP contribution >= 0.6 is 0 Å². The summed E-state index contributed by atoms with van der Waals surface area (Å²) in [6.45, 7) is 3.47. The highest BCUT2D eigenvalue weighted by atomic mass is 15.5. The topological polar surface area (TPSA) is 41.6 Å². The van der Waals surface area contributed by atoms with Crippen LogP contribution in [0.15, 0.2) is 59.7 Å². The van der Waals surface area contributed by atoms with Crippen LogP contribution < -0.4 is 5.73 Å². The predicted molar refractivity (Wildman–Crippen MR) is 87.0 cm³/mol. The molecule has 1 unspecified atom stereocenters. The molecular formula is C18H21N3. The van der Waals surface area contributed by atoms with Crippen molar-refractivity contribution in [2.24, 2.45) is 10.8 Å². The largest absolute Gasteiger partial charge is 0.325 e. The third-order valence-electron chi connectivity index (χ3n) is 3.94. The van der Waals surface area contributed by atoms with Gasteiger partial charge in [0.25, 0.3) is 0 Å². The number of nitrogens with zero attached hydrogens (tertiary/aromatic N) is 2. The lowest BCUT2D eigenvalue weighted by Crippen LogP contribution is -2.19. The summed E-state index contributed by atoms with van der Waals surface area (Å²) in [5, 5.41) is 6.88. The molecule has 1 aliphatic heterocycles. The molecule has 0 saturated heterocycles. The summed E-state index contributed by atoms with van der Waals surface area (Å²) in [5.41, 5.74) is 10.7. The number of rotatable bonds is 4. The van der Waals surface area contributed by atoms with E-state index in [1.165, 1.54) is 16.7 Å². The summed E-state index contributed by atoms with van der Waals surface area (Å²) < 4.78 is 0. The number of hydrazone groups is 1. The standard InChI is InChI=1S/C18H21N3/c1-14-7-9-16(10-8-14)18-11-17(12-19)20-21(18)13-15-5-3-2-4-6-15/h2-10,18H,11-13,19H2,1H3. The minimum atomic E-state index is 0.296. The summed E-state index contributed by atoms with van der Waals surface area (Å²) in [6, 6.07) is 19.5. The van der Waals surface area contributed by atoms with E-state index in [1.54, 1.807) is 0 Å². The molecule has 1 heterocycles. The van der Waals surface area contributed by atoms with Crippen LogP contribution in [0.1, 0.15) is 29.2 Å². The highest BCUT2D eigenvalue weighted by molar-refractivity contribution is 5.88. The number of hydrogen-bond acceptors (Lipinski definition) is 3. The van der Waals surface area contributed by atoms with Crippen molar-refractivity contribution in [2.75, 3.05) is 6.54 Å². The third-order valence-corrected chi connectivity index (χ3v) is 3.94. The van der Waals surface area contributed by atoms with E-state index in [9.17, 15) is 0 Å². The van der Waals surface area contributed by atoms with Gasteiger partial charge in [0.1, 0.15) is 0 Å². The maximum atomic E-state index is 5.80. The Kier molecular flexibility index (Phi) is 4.02. The lowest BCUT2D eigenvalue weighted by atomic mass is 10.0. The van der Waals surface area contributed by atoms with Gasteiger partial charge in [-0.2, -0.15) is 5.10 Å². The molecule has 3 heteroatoms. The molecule has 0 amide bonds. The molecule has 1 aliphatic rings. The van der Waals surface area contributed by atoms with Crippen LogP contribution in [-0.4, -0.2) is 17.3 Å². The van der Waals surface area contributed by atoms with E-state index >= 15 is 0 Å². The monoisotopic (exact) mass is 279 g/mol. The van der Waals surface area contributed by atoms with Crippen LogP contribution in [-0.2, 0) is 6.54 Å². The highest BCUT2D eigenvalue weighted by Crippen LogP contribution is 2.31. The maximum absolute atomic E-state index is 5.80. The molecule has 108 valence electrons. The van der Waals surface area contributed by atoms with Gasteiger partial charge in [0.2, 0.25) is 0 Å². The van der Waals surface area contributed by atoms with Crippen LogP contribution in [0.4, 0.5) is 0 Å². The van der Waals surface area contributed by atoms with E-state index in [0.717, 1.165) is 18.7 Å². The first-order valence-electron chi connectivity index (χ1n) is 7.40. The van der Waals surface area contributed by atoms with Crippen molar-refractivity contribution in [3.8, 4) is 0 Å². The first kappa shape index (κ1) is 13.8. The van der Waals surface area contributed by atoms with Crippen LogP contribution in [0, 0.1) is 6.92 Å². The fraction of sp³-hybridized carbons (Fsp3) is 0.278. The molecule has 0 radical (unpaired) electrons. The Morgan fingerprint density at radius 1 is 1.10 bits per heavy atom. The molecule has 3 rings (SSSR count). The molecule has 2 aromatic carbocycles. The van der Waals surface area contributed by atoms with Crippen LogP contribution in [0.25, 0.3) is 0 Å². The summed E-state index contributed by atoms with van der Waals surface area (Å²) in [7, 11) is 0. The second kappa shape index (κ2) is 6.10. The van der Waals surface area contributed by atoms with Gasteiger partial charge >= 0.3 is 0 Å². The summed E-state index contributed by atoms with van der Waals surface area (Å²) >= 11 is 0. The van der Waals surface area contributed by atoms with Gasteiger partial charge in [-0.05, 0) is 18.1 Å². The second-order valence-electron chi connectivity index (χ2n) is 5.58. The van der Waals surface area contributed by atoms with Crippen molar-refractivity contribution >= 4 is 5.71 Å². The molecule has 0 aromatic heterocycles. The van der Waals surface area contributed by atoms with Crippen LogP contribution in [0.3, 0.4) is 0 Å². The van der Waals surface area contributed by atoms with Gasteiger partial charge < -0.3 is 5.73 Å². The van der Waals surface area contributed by atoms with Crippen molar-refractivity contribution < 1.29 is 0 Å². The van der Waals surface area contributed by atoms with E-state index in [4.69, 9.17) is 10.8 Å². The van der Waals surface area contributed by atoms with Gasteiger partial charge in [-0.25, -0.2) is 0 Å². The zero-order valence-electron chi connectivity index (χ0n) is 12.4. The Labute approximate surface area is 126 Å². The Hall–Kier alpha value is -2.13. The Bertz CT molecular complexity index is 617. The quantitative estimate of drug-likeness (QED) is 0.933. The molecule has 2 aromatic rings. The van der Waals surface area contributed by atoms with E-state index < -0.39 is 0 Å². The fourth-order valence-electron chi connectivity index (χ4n) is 2.74. The number of benzene rings is 2. The fourth-order valence-corrected chi connectivity index (χ4v) is 2.74. The van der Waals surface area contributed by atoms with E-state index in [0.29, 0.717) is 12.6 Å². The zero-order chi connectivity index (χ0) is 14.7. The number of aryl methyl sites for hydroxylation is 1. The molecule has 0 aliphatic carbocycles. The lowest BCUT2D eigenvalue weighted by molar-refractivity contribution is 0.224. The minimum absolute atomic E-state index is 0.296. The summed E-state index contributed by atoms with van der Waals surface area (Å²) in [5.74, 6) is 0. The molecule has 1 atom stereocenters. The molecular weight excluding hydrogens is 258 g/mol. The first-order chi connectivity index (χ1) is 10.3. The van der Waals surface area contributed by atoms with Crippen molar-refractivity contribution in [2.45, 2.75) is 25.9 Å². The molecule has 0 spiro atoms. The van der Waals surface area contributed by atoms with Gasteiger partial charge in [-0.3, -0.25) is 5.01 Å².